The van der Waals surface area contributed by atoms with Crippen molar-refractivity contribution in [2.24, 2.45) is 0 Å². The Kier molecular flexibility index (Phi) is 6.51. The third-order valence-corrected chi connectivity index (χ3v) is 5.97. The first-order valence-corrected chi connectivity index (χ1v) is 9.99. The molecule has 0 N–H and O–H groups in total. The number of carbonyl (C=O) groups excluding carboxylic acids is 1. The first-order valence-electron chi connectivity index (χ1n) is 7.97. The molecule has 2 heterocycles. The van der Waals surface area contributed by atoms with Crippen molar-refractivity contribution in [1.29, 1.82) is 0 Å². The summed E-state index contributed by atoms with van der Waals surface area (Å²) in [6.45, 7) is 4.72. The maximum atomic E-state index is 12.7. The fourth-order valence-corrected chi connectivity index (χ4v) is 4.40. The number of carbonyl (C=O) groups is 1. The standard InChI is InChI=1S/C17H19BrN2O3S2/c1-22-14-3-2-13(18)10-12(14)11-15-16(21)20(17(24)25-15)5-4-19-6-8-23-9-7-19/h2-3,10-11H,4-9H2,1H3/b15-11-. The second kappa shape index (κ2) is 8.64. The number of hydrogen-bond donors (Lipinski definition) is 0. The molecule has 2 aliphatic rings. The number of amides is 1. The van der Waals surface area contributed by atoms with Crippen LogP contribution in [0.1, 0.15) is 5.56 Å². The second-order valence-electron chi connectivity index (χ2n) is 5.67. The van der Waals surface area contributed by atoms with Gasteiger partial charge in [0, 0.05) is 36.2 Å². The third-order valence-electron chi connectivity index (χ3n) is 4.10. The van der Waals surface area contributed by atoms with Gasteiger partial charge in [0.15, 0.2) is 0 Å². The molecule has 3 rings (SSSR count). The minimum absolute atomic E-state index is 0.0368. The first kappa shape index (κ1) is 18.8. The lowest BCUT2D eigenvalue weighted by molar-refractivity contribution is -0.122. The average Bonchev–Trinajstić information content (AvgIpc) is 2.88. The number of thioether (sulfide) groups is 1. The van der Waals surface area contributed by atoms with Gasteiger partial charge >= 0.3 is 0 Å². The summed E-state index contributed by atoms with van der Waals surface area (Å²) in [5, 5.41) is 0. The number of methoxy groups -OCH3 is 1. The van der Waals surface area contributed by atoms with Crippen molar-refractivity contribution in [2.45, 2.75) is 0 Å². The van der Waals surface area contributed by atoms with Crippen LogP contribution in [0.3, 0.4) is 0 Å². The summed E-state index contributed by atoms with van der Waals surface area (Å²) in [6.07, 6.45) is 1.84. The van der Waals surface area contributed by atoms with E-state index >= 15 is 0 Å². The lowest BCUT2D eigenvalue weighted by Gasteiger charge is -2.28. The van der Waals surface area contributed by atoms with Crippen LogP contribution in [0.4, 0.5) is 0 Å². The van der Waals surface area contributed by atoms with Crippen molar-refractivity contribution >= 4 is 56.2 Å². The van der Waals surface area contributed by atoms with E-state index in [0.717, 1.165) is 48.6 Å². The monoisotopic (exact) mass is 442 g/mol. The van der Waals surface area contributed by atoms with Gasteiger partial charge in [-0.1, -0.05) is 39.9 Å². The van der Waals surface area contributed by atoms with E-state index in [9.17, 15) is 4.79 Å². The van der Waals surface area contributed by atoms with Gasteiger partial charge in [0.2, 0.25) is 0 Å². The number of rotatable bonds is 5. The van der Waals surface area contributed by atoms with Crippen LogP contribution in [0.15, 0.2) is 27.6 Å². The Bertz CT molecular complexity index is 705. The molecule has 0 spiro atoms. The van der Waals surface area contributed by atoms with Gasteiger partial charge in [-0.15, -0.1) is 0 Å². The highest BCUT2D eigenvalue weighted by Gasteiger charge is 2.32. The van der Waals surface area contributed by atoms with Crippen LogP contribution >= 0.6 is 39.9 Å². The molecule has 0 aromatic heterocycles. The first-order chi connectivity index (χ1) is 12.1. The summed E-state index contributed by atoms with van der Waals surface area (Å²) in [5.41, 5.74) is 0.852. The minimum Gasteiger partial charge on any atom is -0.496 e. The largest absolute Gasteiger partial charge is 0.496 e. The van der Waals surface area contributed by atoms with Gasteiger partial charge in [0.25, 0.3) is 5.91 Å². The molecular formula is C17H19BrN2O3S2. The quantitative estimate of drug-likeness (QED) is 0.515. The van der Waals surface area contributed by atoms with Gasteiger partial charge < -0.3 is 9.47 Å². The number of nitrogens with zero attached hydrogens (tertiary/aromatic N) is 2. The molecule has 0 saturated carbocycles. The predicted octanol–water partition coefficient (Wildman–Crippen LogP) is 2.99. The van der Waals surface area contributed by atoms with Crippen molar-refractivity contribution < 1.29 is 14.3 Å². The Labute approximate surface area is 165 Å². The van der Waals surface area contributed by atoms with Crippen molar-refractivity contribution in [1.82, 2.24) is 9.80 Å². The van der Waals surface area contributed by atoms with Crippen LogP contribution in [0, 0.1) is 0 Å². The zero-order valence-corrected chi connectivity index (χ0v) is 17.1. The molecule has 0 radical (unpaired) electrons. The predicted molar refractivity (Wildman–Crippen MR) is 108 cm³/mol. The van der Waals surface area contributed by atoms with Gasteiger partial charge in [0.1, 0.15) is 10.1 Å². The van der Waals surface area contributed by atoms with E-state index in [1.807, 2.05) is 24.3 Å². The Morgan fingerprint density at radius 1 is 1.36 bits per heavy atom. The van der Waals surface area contributed by atoms with Crippen molar-refractivity contribution in [2.75, 3.05) is 46.5 Å². The fourth-order valence-electron chi connectivity index (χ4n) is 2.72. The lowest BCUT2D eigenvalue weighted by atomic mass is 10.2. The Morgan fingerprint density at radius 2 is 2.12 bits per heavy atom. The van der Waals surface area contributed by atoms with E-state index < -0.39 is 0 Å². The molecule has 1 aromatic carbocycles. The Morgan fingerprint density at radius 3 is 2.84 bits per heavy atom. The van der Waals surface area contributed by atoms with Crippen LogP contribution in [0.25, 0.3) is 6.08 Å². The Balaban J connectivity index is 1.71. The molecular weight excluding hydrogens is 424 g/mol. The molecule has 0 unspecified atom stereocenters. The molecule has 1 amide bonds. The minimum atomic E-state index is -0.0368. The molecule has 134 valence electrons. The van der Waals surface area contributed by atoms with Crippen LogP contribution < -0.4 is 4.74 Å². The number of halogens is 1. The normalized spacial score (nSPS) is 20.6. The van der Waals surface area contributed by atoms with Gasteiger partial charge in [0.05, 0.1) is 25.2 Å². The zero-order chi connectivity index (χ0) is 17.8. The molecule has 8 heteroatoms. The molecule has 1 aromatic rings. The summed E-state index contributed by atoms with van der Waals surface area (Å²) in [4.78, 5) is 17.3. The number of benzene rings is 1. The summed E-state index contributed by atoms with van der Waals surface area (Å²) < 4.78 is 12.3. The van der Waals surface area contributed by atoms with E-state index in [4.69, 9.17) is 21.7 Å². The van der Waals surface area contributed by atoms with Crippen LogP contribution in [0.2, 0.25) is 0 Å². The highest BCUT2D eigenvalue weighted by atomic mass is 79.9. The van der Waals surface area contributed by atoms with E-state index in [2.05, 4.69) is 20.8 Å². The molecule has 25 heavy (non-hydrogen) atoms. The number of hydrogen-bond acceptors (Lipinski definition) is 6. The van der Waals surface area contributed by atoms with Crippen molar-refractivity contribution in [3.05, 3.63) is 33.1 Å². The third kappa shape index (κ3) is 4.62. The molecule has 2 fully saturated rings. The fraction of sp³-hybridized carbons (Fsp3) is 0.412. The summed E-state index contributed by atoms with van der Waals surface area (Å²) in [5.74, 6) is 0.687. The summed E-state index contributed by atoms with van der Waals surface area (Å²) in [6, 6.07) is 5.71. The smallest absolute Gasteiger partial charge is 0.266 e. The number of thiocarbonyl (C=S) groups is 1. The van der Waals surface area contributed by atoms with Crippen LogP contribution in [0.5, 0.6) is 5.75 Å². The average molecular weight is 443 g/mol. The molecule has 0 aliphatic carbocycles. The van der Waals surface area contributed by atoms with Crippen LogP contribution in [-0.4, -0.2) is 66.5 Å². The Hall–Kier alpha value is -0.930. The lowest BCUT2D eigenvalue weighted by Crippen LogP contribution is -2.42. The highest BCUT2D eigenvalue weighted by molar-refractivity contribution is 9.10. The zero-order valence-electron chi connectivity index (χ0n) is 13.9. The van der Waals surface area contributed by atoms with E-state index in [1.54, 1.807) is 12.0 Å². The topological polar surface area (TPSA) is 42.0 Å². The molecule has 2 aliphatic heterocycles. The van der Waals surface area contributed by atoms with Gasteiger partial charge in [-0.05, 0) is 24.3 Å². The van der Waals surface area contributed by atoms with Gasteiger partial charge in [-0.25, -0.2) is 0 Å². The van der Waals surface area contributed by atoms with E-state index in [1.165, 1.54) is 11.8 Å². The SMILES string of the molecule is COc1ccc(Br)cc1/C=C1\SC(=S)N(CCN2CCOCC2)C1=O. The molecule has 0 atom stereocenters. The van der Waals surface area contributed by atoms with Gasteiger partial charge in [-0.3, -0.25) is 14.6 Å². The maximum absolute atomic E-state index is 12.7. The summed E-state index contributed by atoms with van der Waals surface area (Å²) in [7, 11) is 1.62. The number of ether oxygens (including phenoxy) is 2. The molecule has 2 saturated heterocycles. The molecule has 0 bridgehead atoms. The van der Waals surface area contributed by atoms with Crippen molar-refractivity contribution in [3.63, 3.8) is 0 Å². The van der Waals surface area contributed by atoms with Crippen LogP contribution in [-0.2, 0) is 9.53 Å². The second-order valence-corrected chi connectivity index (χ2v) is 8.27. The maximum Gasteiger partial charge on any atom is 0.266 e. The van der Waals surface area contributed by atoms with Gasteiger partial charge in [-0.2, -0.15) is 0 Å². The number of morpholine rings is 1. The van der Waals surface area contributed by atoms with Crippen molar-refractivity contribution in [3.8, 4) is 5.75 Å². The highest BCUT2D eigenvalue weighted by Crippen LogP contribution is 2.34. The van der Waals surface area contributed by atoms with E-state index in [-0.39, 0.29) is 5.91 Å². The van der Waals surface area contributed by atoms with E-state index in [0.29, 0.717) is 15.8 Å². The summed E-state index contributed by atoms with van der Waals surface area (Å²) >= 11 is 10.2. The molecule has 5 nitrogen and oxygen atoms in total.